The third-order valence-electron chi connectivity index (χ3n) is 5.63. The molecule has 0 amide bonds. The first-order valence-corrected chi connectivity index (χ1v) is 10.5. The maximum Gasteiger partial charge on any atom is 0.416 e. The number of fused-ring (bicyclic) bond motifs is 1. The van der Waals surface area contributed by atoms with Crippen molar-refractivity contribution in [1.82, 2.24) is 14.5 Å². The second kappa shape index (κ2) is 8.78. The Morgan fingerprint density at radius 2 is 1.53 bits per heavy atom. The predicted molar refractivity (Wildman–Crippen MR) is 118 cm³/mol. The number of hydrogen-bond donors (Lipinski definition) is 0. The molecule has 0 bridgehead atoms. The first-order valence-electron chi connectivity index (χ1n) is 10.5. The number of rotatable bonds is 4. The zero-order chi connectivity index (χ0) is 25.6. The highest BCUT2D eigenvalue weighted by molar-refractivity contribution is 5.67. The normalized spacial score (nSPS) is 11.9. The van der Waals surface area contributed by atoms with Gasteiger partial charge in [-0.1, -0.05) is 18.2 Å². The van der Waals surface area contributed by atoms with Crippen molar-refractivity contribution in [2.75, 3.05) is 0 Å². The molecule has 0 aromatic heterocycles. The number of hydrogen-bond acceptors (Lipinski definition) is 2. The van der Waals surface area contributed by atoms with Crippen LogP contribution in [0.25, 0.3) is 33.9 Å². The molecule has 0 unspecified atom stereocenters. The molecule has 2 aliphatic heterocycles. The Kier molecular flexibility index (Phi) is 5.74. The Bertz CT molecular complexity index is 1560. The molecule has 0 radical (unpaired) electrons. The zero-order valence-corrected chi connectivity index (χ0v) is 18.1. The summed E-state index contributed by atoms with van der Waals surface area (Å²) in [5, 5.41) is 0. The molecule has 182 valence electrons. The minimum atomic E-state index is -4.74. The summed E-state index contributed by atoms with van der Waals surface area (Å²) in [7, 11) is 0. The summed E-state index contributed by atoms with van der Waals surface area (Å²) in [6.45, 7) is -0.215. The topological polar surface area (TPSA) is 30.7 Å². The minimum absolute atomic E-state index is 0.0484. The minimum Gasteiger partial charge on any atom is -0.348 e. The third-order valence-corrected chi connectivity index (χ3v) is 5.63. The van der Waals surface area contributed by atoms with E-state index in [1.54, 1.807) is 0 Å². The molecule has 2 aliphatic rings. The van der Waals surface area contributed by atoms with Crippen molar-refractivity contribution < 1.29 is 30.7 Å². The number of alkyl halides is 3. The molecular formula is C26H14F7N3. The summed E-state index contributed by atoms with van der Waals surface area (Å²) in [4.78, 5) is 8.37. The lowest BCUT2D eigenvalue weighted by Crippen LogP contribution is -2.12. The molecule has 5 rings (SSSR count). The van der Waals surface area contributed by atoms with Gasteiger partial charge in [-0.15, -0.1) is 0 Å². The predicted octanol–water partition coefficient (Wildman–Crippen LogP) is 7.34. The fourth-order valence-corrected chi connectivity index (χ4v) is 3.91. The molecule has 2 heterocycles. The fraction of sp³-hybridized carbons (Fsp3) is 0.0769. The van der Waals surface area contributed by atoms with Gasteiger partial charge in [-0.2, -0.15) is 13.2 Å². The van der Waals surface area contributed by atoms with E-state index in [9.17, 15) is 30.7 Å². The Labute approximate surface area is 199 Å². The number of nitrogens with zero attached hydrogens (tertiary/aromatic N) is 3. The highest BCUT2D eigenvalue weighted by atomic mass is 19.4. The zero-order valence-electron chi connectivity index (χ0n) is 18.1. The van der Waals surface area contributed by atoms with Gasteiger partial charge in [0.1, 0.15) is 17.3 Å². The number of benzene rings is 3. The Morgan fingerprint density at radius 1 is 0.750 bits per heavy atom. The van der Waals surface area contributed by atoms with Gasteiger partial charge in [-0.25, -0.2) is 27.5 Å². The maximum absolute atomic E-state index is 14.1. The van der Waals surface area contributed by atoms with Gasteiger partial charge in [0.25, 0.3) is 0 Å². The summed E-state index contributed by atoms with van der Waals surface area (Å²) < 4.78 is 98.1. The molecule has 0 fully saturated rings. The van der Waals surface area contributed by atoms with Gasteiger partial charge in [-0.05, 0) is 47.5 Å². The van der Waals surface area contributed by atoms with Crippen molar-refractivity contribution in [1.29, 1.82) is 0 Å². The molecule has 0 saturated heterocycles. The summed E-state index contributed by atoms with van der Waals surface area (Å²) in [6, 6.07) is 11.1. The van der Waals surface area contributed by atoms with Crippen LogP contribution in [0, 0.1) is 23.3 Å². The van der Waals surface area contributed by atoms with Crippen molar-refractivity contribution in [2.24, 2.45) is 0 Å². The van der Waals surface area contributed by atoms with Gasteiger partial charge >= 0.3 is 6.18 Å². The van der Waals surface area contributed by atoms with Crippen LogP contribution in [-0.2, 0) is 12.7 Å². The van der Waals surface area contributed by atoms with Crippen LogP contribution >= 0.6 is 0 Å². The van der Waals surface area contributed by atoms with Crippen LogP contribution in [0.1, 0.15) is 11.1 Å². The highest BCUT2D eigenvalue weighted by Gasteiger charge is 2.34. The van der Waals surface area contributed by atoms with E-state index in [-0.39, 0.29) is 40.3 Å². The summed E-state index contributed by atoms with van der Waals surface area (Å²) in [5.41, 5.74) is -0.806. The van der Waals surface area contributed by atoms with E-state index >= 15 is 0 Å². The molecule has 0 N–H and O–H groups in total. The van der Waals surface area contributed by atoms with Crippen LogP contribution in [0.4, 0.5) is 30.7 Å². The van der Waals surface area contributed by atoms with Crippen LogP contribution in [0.15, 0.2) is 73.1 Å². The molecule has 3 aromatic carbocycles. The van der Waals surface area contributed by atoms with E-state index in [1.165, 1.54) is 47.3 Å². The molecule has 3 nitrogen and oxygen atoms in total. The summed E-state index contributed by atoms with van der Waals surface area (Å²) in [6.07, 6.45) is -1.82. The van der Waals surface area contributed by atoms with Crippen LogP contribution in [0.2, 0.25) is 0 Å². The number of pyridine rings is 1. The average molecular weight is 501 g/mol. The first kappa shape index (κ1) is 23.5. The van der Waals surface area contributed by atoms with Crippen molar-refractivity contribution in [3.05, 3.63) is 107 Å². The smallest absolute Gasteiger partial charge is 0.348 e. The number of halogens is 7. The Hall–Kier alpha value is -4.21. The summed E-state index contributed by atoms with van der Waals surface area (Å²) in [5.74, 6) is -4.03. The van der Waals surface area contributed by atoms with Crippen molar-refractivity contribution >= 4 is 0 Å². The molecule has 0 spiro atoms. The van der Waals surface area contributed by atoms with Gasteiger partial charge in [0.15, 0.2) is 17.5 Å². The lowest BCUT2D eigenvalue weighted by Gasteiger charge is -2.17. The number of aromatic nitrogens is 3. The monoisotopic (exact) mass is 501 g/mol. The molecule has 0 aliphatic carbocycles. The van der Waals surface area contributed by atoms with Gasteiger partial charge in [0.2, 0.25) is 0 Å². The molecule has 0 atom stereocenters. The van der Waals surface area contributed by atoms with E-state index in [4.69, 9.17) is 0 Å². The second-order valence-electron chi connectivity index (χ2n) is 8.03. The van der Waals surface area contributed by atoms with E-state index in [0.29, 0.717) is 11.8 Å². The lowest BCUT2D eigenvalue weighted by atomic mass is 9.98. The van der Waals surface area contributed by atoms with E-state index in [2.05, 4.69) is 9.97 Å². The van der Waals surface area contributed by atoms with E-state index in [1.807, 2.05) is 0 Å². The molecular weight excluding hydrogens is 487 g/mol. The van der Waals surface area contributed by atoms with Crippen LogP contribution in [0.3, 0.4) is 0 Å². The van der Waals surface area contributed by atoms with Crippen molar-refractivity contribution in [2.45, 2.75) is 12.7 Å². The molecule has 36 heavy (non-hydrogen) atoms. The molecule has 10 heteroatoms. The Morgan fingerprint density at radius 3 is 2.28 bits per heavy atom. The SMILES string of the molecule is Fc1ccc(-c2ccc(Cn3ccc4nc(-c5cccc(F)c5F)nc-4c3)c(C(F)(F)F)c2)c(F)c1. The third kappa shape index (κ3) is 4.41. The van der Waals surface area contributed by atoms with Crippen LogP contribution in [-0.4, -0.2) is 14.5 Å². The first-order chi connectivity index (χ1) is 17.1. The molecule has 3 aromatic rings. The average Bonchev–Trinajstić information content (AvgIpc) is 3.24. The molecule has 0 saturated carbocycles. The van der Waals surface area contributed by atoms with Crippen molar-refractivity contribution in [3.8, 4) is 33.9 Å². The van der Waals surface area contributed by atoms with E-state index in [0.717, 1.165) is 24.3 Å². The number of imidazole rings is 1. The largest absolute Gasteiger partial charge is 0.416 e. The van der Waals surface area contributed by atoms with Gasteiger partial charge in [0, 0.05) is 30.6 Å². The van der Waals surface area contributed by atoms with Crippen molar-refractivity contribution in [3.63, 3.8) is 0 Å². The Balaban J connectivity index is 1.51. The summed E-state index contributed by atoms with van der Waals surface area (Å²) >= 11 is 0. The standard InChI is InChI=1S/C26H14F7N3/c27-16-6-7-17(21(29)11-16)14-4-5-15(19(10-14)26(31,32)33)12-36-9-8-22-23(13-36)35-25(34-22)18-2-1-3-20(28)24(18)30/h1-11,13H,12H2. The van der Waals surface area contributed by atoms with Gasteiger partial charge in [0.05, 0.1) is 16.8 Å². The fourth-order valence-electron chi connectivity index (χ4n) is 3.91. The second-order valence-corrected chi connectivity index (χ2v) is 8.03. The maximum atomic E-state index is 14.1. The highest BCUT2D eigenvalue weighted by Crippen LogP contribution is 2.36. The van der Waals surface area contributed by atoms with E-state index < -0.39 is 35.0 Å². The van der Waals surface area contributed by atoms with Gasteiger partial charge in [-0.3, -0.25) is 0 Å². The van der Waals surface area contributed by atoms with Gasteiger partial charge < -0.3 is 4.57 Å². The quantitative estimate of drug-likeness (QED) is 0.241. The lowest BCUT2D eigenvalue weighted by molar-refractivity contribution is -0.138. The van der Waals surface area contributed by atoms with Crippen LogP contribution in [0.5, 0.6) is 0 Å². The van der Waals surface area contributed by atoms with Crippen LogP contribution < -0.4 is 0 Å².